The molecule has 1 aromatic carbocycles. The van der Waals surface area contributed by atoms with E-state index in [2.05, 4.69) is 40.7 Å². The Morgan fingerprint density at radius 3 is 1.91 bits per heavy atom. The smallest absolute Gasteiger partial charge is 0.338 e. The Morgan fingerprint density at radius 1 is 0.634 bits per heavy atom. The molecular formula is C58H86O24. The second-order valence-electron chi connectivity index (χ2n) is 26.1. The number of aliphatic hydroxyl groups excluding tert-OH is 11. The fraction of sp³-hybridized carbons (Fsp3) is 0.810. The molecule has 3 saturated heterocycles. The first-order valence-electron chi connectivity index (χ1n) is 28.6. The van der Waals surface area contributed by atoms with Gasteiger partial charge in [-0.2, -0.15) is 0 Å². The van der Waals surface area contributed by atoms with Crippen LogP contribution in [0.3, 0.4) is 0 Å². The van der Waals surface area contributed by atoms with Crippen LogP contribution in [-0.4, -0.2) is 220 Å². The fourth-order valence-corrected chi connectivity index (χ4v) is 16.5. The number of esters is 3. The Hall–Kier alpha value is -3.67. The van der Waals surface area contributed by atoms with Crippen LogP contribution in [0.4, 0.5) is 0 Å². The lowest BCUT2D eigenvalue weighted by Gasteiger charge is -2.72. The first-order chi connectivity index (χ1) is 38.6. The van der Waals surface area contributed by atoms with E-state index in [4.69, 9.17) is 47.4 Å². The van der Waals surface area contributed by atoms with Crippen molar-refractivity contribution in [1.82, 2.24) is 0 Å². The summed E-state index contributed by atoms with van der Waals surface area (Å²) < 4.78 is 57.9. The highest BCUT2D eigenvalue weighted by molar-refractivity contribution is 5.90. The summed E-state index contributed by atoms with van der Waals surface area (Å²) in [5, 5.41) is 122. The van der Waals surface area contributed by atoms with E-state index in [0.29, 0.717) is 50.7 Å². The van der Waals surface area contributed by atoms with E-state index in [0.717, 1.165) is 12.7 Å². The number of hydrogen-bond acceptors (Lipinski definition) is 24. The number of carbonyl (C=O) groups excluding carboxylic acids is 3. The Balaban J connectivity index is 0.999. The number of carbonyl (C=O) groups is 3. The van der Waals surface area contributed by atoms with Gasteiger partial charge in [0.2, 0.25) is 6.29 Å². The van der Waals surface area contributed by atoms with Crippen LogP contribution < -0.4 is 9.47 Å². The first kappa shape index (κ1) is 62.8. The van der Waals surface area contributed by atoms with Gasteiger partial charge in [-0.1, -0.05) is 53.2 Å². The van der Waals surface area contributed by atoms with E-state index in [9.17, 15) is 65.8 Å². The SMILES string of the molecule is COC(=O)[C@H]1O[C@@H](O[C@H]2CC[C@@]3(C)C(CC[C@]4(C)C3CC=C3[C@@H]5CC(C)(C)CC[C@]5(C(=O)O[C@@H]5O[C@H](CO)[C@@H](O)[C@H](O)[C@H]5OC(=O)c5ccc(OC)c(OC)c5)[C@H](O)C[C@]34C)[C@]2(C)CO)[C@H](O[C@@H]2O[C@H](CO)[C@@H](O)[C@H](O)[C@H]2O)[C@@H](O)[C@@H]1O. The zero-order chi connectivity index (χ0) is 60.0. The molecule has 0 spiro atoms. The summed E-state index contributed by atoms with van der Waals surface area (Å²) >= 11 is 0. The van der Waals surface area contributed by atoms with Gasteiger partial charge in [-0.25, -0.2) is 9.59 Å². The highest BCUT2D eigenvalue weighted by Crippen LogP contribution is 2.76. The second-order valence-corrected chi connectivity index (χ2v) is 26.1. The van der Waals surface area contributed by atoms with Crippen molar-refractivity contribution in [3.05, 3.63) is 35.4 Å². The van der Waals surface area contributed by atoms with Gasteiger partial charge in [0.15, 0.2) is 36.3 Å². The Kier molecular flexibility index (Phi) is 17.8. The number of methoxy groups -OCH3 is 3. The zero-order valence-corrected chi connectivity index (χ0v) is 48.1. The summed E-state index contributed by atoms with van der Waals surface area (Å²) in [6, 6.07) is 4.24. The van der Waals surface area contributed by atoms with Crippen molar-refractivity contribution < 1.29 is 118 Å². The minimum Gasteiger partial charge on any atom is -0.493 e. The van der Waals surface area contributed by atoms with E-state index in [-0.39, 0.29) is 48.0 Å². The molecule has 2 unspecified atom stereocenters. The van der Waals surface area contributed by atoms with Crippen LogP contribution in [0, 0.1) is 50.2 Å². The average molecular weight is 1170 g/mol. The lowest BCUT2D eigenvalue weighted by Crippen LogP contribution is -2.69. The molecule has 0 aromatic heterocycles. The Labute approximate surface area is 476 Å². The van der Waals surface area contributed by atoms with E-state index in [1.807, 2.05) is 6.92 Å². The van der Waals surface area contributed by atoms with Gasteiger partial charge in [0.25, 0.3) is 0 Å². The lowest BCUT2D eigenvalue weighted by atomic mass is 9.33. The molecule has 9 rings (SSSR count). The molecule has 8 aliphatic rings. The van der Waals surface area contributed by atoms with Gasteiger partial charge in [-0.3, -0.25) is 4.79 Å². The number of allylic oxidation sites excluding steroid dienone is 2. The third-order valence-corrected chi connectivity index (χ3v) is 21.5. The highest BCUT2D eigenvalue weighted by atomic mass is 16.8. The number of benzene rings is 1. The molecule has 4 saturated carbocycles. The number of aliphatic hydroxyl groups is 11. The van der Waals surface area contributed by atoms with Crippen LogP contribution in [-0.2, 0) is 47.5 Å². The average Bonchev–Trinajstić information content (AvgIpc) is 3.34. The standard InChI is InChI=1S/C58H86O24/c1-53(2)18-19-58(52(72)82-50-45(40(66)38(64)32(24-60)77-50)79-47(70)26-10-12-29(73-7)30(20-26)74-8)28(21-53)27-11-13-34-54(3)16-15-36(55(4,25-61)33(54)14-17-56(34,5)57(27,6)22-35(58)62)78-51-46(42(68)41(67)44(80-51)48(71)75-9)81-49-43(69)39(65)37(63)31(23-59)76-49/h10-12,20,28,31-46,49-51,59-69H,13-19,21-25H2,1-9H3/t28-,31+,32+,33?,34?,35+,36-,37+,38+,39-,40-,41-,42-,43+,44-,45+,46+,49-,50-,51+,54-,55-,56+,57+,58+/m0/s1. The fourth-order valence-electron chi connectivity index (χ4n) is 16.5. The van der Waals surface area contributed by atoms with Gasteiger partial charge in [0.1, 0.15) is 66.5 Å². The van der Waals surface area contributed by atoms with Gasteiger partial charge in [0, 0.05) is 5.41 Å². The molecule has 24 nitrogen and oxygen atoms in total. The molecule has 3 aliphatic heterocycles. The highest BCUT2D eigenvalue weighted by Gasteiger charge is 2.73. The van der Waals surface area contributed by atoms with Crippen molar-refractivity contribution in [2.45, 2.75) is 204 Å². The monoisotopic (exact) mass is 1170 g/mol. The molecule has 0 radical (unpaired) electrons. The largest absolute Gasteiger partial charge is 0.493 e. The quantitative estimate of drug-likeness (QED) is 0.0511. The van der Waals surface area contributed by atoms with Crippen LogP contribution in [0.5, 0.6) is 11.5 Å². The molecule has 3 heterocycles. The molecule has 1 aromatic rings. The van der Waals surface area contributed by atoms with Gasteiger partial charge < -0.3 is 104 Å². The van der Waals surface area contributed by atoms with Crippen molar-refractivity contribution in [3.8, 4) is 11.5 Å². The Bertz CT molecular complexity index is 2530. The van der Waals surface area contributed by atoms with E-state index in [1.54, 1.807) is 0 Å². The normalized spacial score (nSPS) is 47.0. The minimum atomic E-state index is -1.94. The van der Waals surface area contributed by atoms with Gasteiger partial charge in [-0.15, -0.1) is 0 Å². The number of hydrogen-bond donors (Lipinski definition) is 11. The predicted octanol–water partition coefficient (Wildman–Crippen LogP) is 0.146. The summed E-state index contributed by atoms with van der Waals surface area (Å²) in [6.45, 7) is 10.8. The lowest BCUT2D eigenvalue weighted by molar-refractivity contribution is -0.375. The van der Waals surface area contributed by atoms with Gasteiger partial charge in [0.05, 0.1) is 58.9 Å². The van der Waals surface area contributed by atoms with E-state index >= 15 is 4.79 Å². The van der Waals surface area contributed by atoms with Crippen molar-refractivity contribution in [2.75, 3.05) is 41.2 Å². The third-order valence-electron chi connectivity index (χ3n) is 21.5. The van der Waals surface area contributed by atoms with Gasteiger partial charge in [-0.05, 0) is 115 Å². The van der Waals surface area contributed by atoms with Crippen LogP contribution in [0.2, 0.25) is 0 Å². The van der Waals surface area contributed by atoms with Crippen molar-refractivity contribution in [1.29, 1.82) is 0 Å². The molecule has 0 amide bonds. The molecular weight excluding hydrogens is 1080 g/mol. The van der Waals surface area contributed by atoms with Crippen LogP contribution in [0.25, 0.3) is 0 Å². The summed E-state index contributed by atoms with van der Waals surface area (Å²) in [4.78, 5) is 42.2. The minimum absolute atomic E-state index is 0.0205. The number of rotatable bonds is 14. The maximum Gasteiger partial charge on any atom is 0.338 e. The molecule has 24 heteroatoms. The van der Waals surface area contributed by atoms with Crippen LogP contribution in [0.1, 0.15) is 110 Å². The molecule has 462 valence electrons. The van der Waals surface area contributed by atoms with E-state index in [1.165, 1.54) is 32.4 Å². The predicted molar refractivity (Wildman–Crippen MR) is 281 cm³/mol. The Morgan fingerprint density at radius 2 is 1.28 bits per heavy atom. The molecule has 5 aliphatic carbocycles. The molecule has 25 atom stereocenters. The van der Waals surface area contributed by atoms with Crippen molar-refractivity contribution >= 4 is 17.9 Å². The summed E-state index contributed by atoms with van der Waals surface area (Å²) in [7, 11) is 3.88. The maximum atomic E-state index is 15.4. The second kappa shape index (κ2) is 23.2. The van der Waals surface area contributed by atoms with Crippen LogP contribution >= 0.6 is 0 Å². The van der Waals surface area contributed by atoms with Crippen molar-refractivity contribution in [3.63, 3.8) is 0 Å². The third kappa shape index (κ3) is 10.1. The zero-order valence-electron chi connectivity index (χ0n) is 48.1. The maximum absolute atomic E-state index is 15.4. The van der Waals surface area contributed by atoms with Crippen molar-refractivity contribution in [2.24, 2.45) is 50.2 Å². The summed E-state index contributed by atoms with van der Waals surface area (Å²) in [5.41, 5.74) is -3.62. The first-order valence-corrected chi connectivity index (χ1v) is 28.6. The number of ether oxygens (including phenoxy) is 10. The van der Waals surface area contributed by atoms with Gasteiger partial charge >= 0.3 is 17.9 Å². The molecule has 11 N–H and O–H groups in total. The van der Waals surface area contributed by atoms with Crippen LogP contribution in [0.15, 0.2) is 29.8 Å². The van der Waals surface area contributed by atoms with E-state index < -0.39 is 168 Å². The molecule has 7 fully saturated rings. The summed E-state index contributed by atoms with van der Waals surface area (Å²) in [6.07, 6.45) is -22.3. The molecule has 82 heavy (non-hydrogen) atoms. The molecule has 0 bridgehead atoms. The number of fused-ring (bicyclic) bond motifs is 7. The summed E-state index contributed by atoms with van der Waals surface area (Å²) in [5.74, 6) is -3.19. The topological polar surface area (TPSA) is 366 Å².